The van der Waals surface area contributed by atoms with Crippen molar-refractivity contribution in [2.45, 2.75) is 19.5 Å². The molecule has 146 valence electrons. The van der Waals surface area contributed by atoms with Gasteiger partial charge in [-0.2, -0.15) is 5.10 Å². The summed E-state index contributed by atoms with van der Waals surface area (Å²) in [6, 6.07) is 15.7. The zero-order valence-electron chi connectivity index (χ0n) is 15.6. The van der Waals surface area contributed by atoms with Crippen LogP contribution >= 0.6 is 11.3 Å². The van der Waals surface area contributed by atoms with E-state index in [1.165, 1.54) is 21.8 Å². The second-order valence-corrected chi connectivity index (χ2v) is 8.02. The van der Waals surface area contributed by atoms with Gasteiger partial charge in [-0.05, 0) is 17.7 Å². The third kappa shape index (κ3) is 3.85. The summed E-state index contributed by atoms with van der Waals surface area (Å²) in [4.78, 5) is 20.8. The molecule has 4 heterocycles. The topological polar surface area (TPSA) is 87.0 Å². The molecule has 2 N–H and O–H groups in total. The van der Waals surface area contributed by atoms with Gasteiger partial charge >= 0.3 is 0 Å². The molecule has 0 spiro atoms. The number of H-pyrrole nitrogens is 1. The van der Waals surface area contributed by atoms with Crippen LogP contribution in [0.3, 0.4) is 0 Å². The first-order valence-electron chi connectivity index (χ1n) is 9.40. The first-order valence-corrected chi connectivity index (χ1v) is 10.2. The first-order chi connectivity index (χ1) is 14.2. The Balaban J connectivity index is 1.25. The largest absolute Gasteiger partial charge is 0.463 e. The fraction of sp³-hybridized carbons (Fsp3) is 0.190. The predicted octanol–water partition coefficient (Wildman–Crippen LogP) is 3.94. The highest BCUT2D eigenvalue weighted by molar-refractivity contribution is 7.15. The van der Waals surface area contributed by atoms with Gasteiger partial charge in [-0.1, -0.05) is 30.3 Å². The fourth-order valence-electron chi connectivity index (χ4n) is 3.44. The van der Waals surface area contributed by atoms with Crippen molar-refractivity contribution in [2.24, 2.45) is 0 Å². The third-order valence-corrected chi connectivity index (χ3v) is 5.87. The van der Waals surface area contributed by atoms with Gasteiger partial charge < -0.3 is 4.42 Å². The number of carbonyl (C=O) groups excluding carboxylic acids is 1. The molecule has 0 saturated heterocycles. The average Bonchev–Trinajstić information content (AvgIpc) is 3.48. The Hall–Kier alpha value is -3.23. The van der Waals surface area contributed by atoms with E-state index >= 15 is 0 Å². The van der Waals surface area contributed by atoms with Crippen LogP contribution in [0.4, 0.5) is 5.13 Å². The molecule has 3 aromatic heterocycles. The highest BCUT2D eigenvalue weighted by Gasteiger charge is 2.22. The van der Waals surface area contributed by atoms with Gasteiger partial charge in [0.2, 0.25) is 0 Å². The summed E-state index contributed by atoms with van der Waals surface area (Å²) in [7, 11) is 0. The number of hydrogen-bond acceptors (Lipinski definition) is 6. The number of benzene rings is 1. The minimum Gasteiger partial charge on any atom is -0.463 e. The van der Waals surface area contributed by atoms with Crippen LogP contribution in [0.15, 0.2) is 59.2 Å². The number of thiazole rings is 1. The number of carbonyl (C=O) groups is 1. The molecule has 8 heteroatoms. The second-order valence-electron chi connectivity index (χ2n) is 6.93. The van der Waals surface area contributed by atoms with E-state index in [-0.39, 0.29) is 5.91 Å². The zero-order chi connectivity index (χ0) is 19.6. The lowest BCUT2D eigenvalue weighted by Gasteiger charge is -2.25. The Morgan fingerprint density at radius 3 is 2.97 bits per heavy atom. The molecular formula is C21H19N5O2S. The number of hydrogen-bond donors (Lipinski definition) is 2. The summed E-state index contributed by atoms with van der Waals surface area (Å²) in [5.41, 5.74) is 3.35. The van der Waals surface area contributed by atoms with Crippen LogP contribution < -0.4 is 5.32 Å². The number of aromatic nitrogens is 3. The minimum atomic E-state index is -0.286. The van der Waals surface area contributed by atoms with Crippen LogP contribution in [-0.2, 0) is 19.5 Å². The van der Waals surface area contributed by atoms with Gasteiger partial charge in [-0.25, -0.2) is 4.98 Å². The molecule has 1 aliphatic heterocycles. The molecule has 0 aliphatic carbocycles. The molecule has 0 atom stereocenters. The van der Waals surface area contributed by atoms with Crippen molar-refractivity contribution in [2.75, 3.05) is 11.9 Å². The normalized spacial score (nSPS) is 13.9. The van der Waals surface area contributed by atoms with Crippen molar-refractivity contribution >= 4 is 22.4 Å². The smallest absolute Gasteiger partial charge is 0.277 e. The SMILES string of the molecule is O=C(Nc1nc2c(s1)CN(Cc1ccccc1)CC2)c1cc(-c2ccco2)[nH]n1. The highest BCUT2D eigenvalue weighted by atomic mass is 32.1. The van der Waals surface area contributed by atoms with E-state index in [1.54, 1.807) is 18.4 Å². The van der Waals surface area contributed by atoms with Gasteiger partial charge in [0.05, 0.1) is 12.0 Å². The van der Waals surface area contributed by atoms with Gasteiger partial charge in [-0.3, -0.25) is 20.1 Å². The van der Waals surface area contributed by atoms with Gasteiger partial charge in [0, 0.05) is 37.0 Å². The molecule has 1 aromatic carbocycles. The van der Waals surface area contributed by atoms with Gasteiger partial charge in [0.1, 0.15) is 5.69 Å². The summed E-state index contributed by atoms with van der Waals surface area (Å²) in [5, 5.41) is 10.4. The van der Waals surface area contributed by atoms with E-state index in [0.29, 0.717) is 22.3 Å². The summed E-state index contributed by atoms with van der Waals surface area (Å²) in [5.74, 6) is 0.353. The molecule has 0 unspecified atom stereocenters. The third-order valence-electron chi connectivity index (χ3n) is 4.88. The maximum absolute atomic E-state index is 12.5. The minimum absolute atomic E-state index is 0.286. The molecule has 0 saturated carbocycles. The van der Waals surface area contributed by atoms with Crippen LogP contribution in [0, 0.1) is 0 Å². The second kappa shape index (κ2) is 7.65. The van der Waals surface area contributed by atoms with Crippen LogP contribution in [-0.4, -0.2) is 32.5 Å². The Labute approximate surface area is 171 Å². The molecule has 0 radical (unpaired) electrons. The molecule has 1 amide bonds. The summed E-state index contributed by atoms with van der Waals surface area (Å²) < 4.78 is 5.32. The van der Waals surface area contributed by atoms with Crippen LogP contribution in [0.1, 0.15) is 26.6 Å². The molecule has 0 bridgehead atoms. The Morgan fingerprint density at radius 2 is 2.14 bits per heavy atom. The number of rotatable bonds is 5. The average molecular weight is 405 g/mol. The highest BCUT2D eigenvalue weighted by Crippen LogP contribution is 2.29. The van der Waals surface area contributed by atoms with Gasteiger partial charge in [0.25, 0.3) is 5.91 Å². The van der Waals surface area contributed by atoms with E-state index in [4.69, 9.17) is 4.42 Å². The van der Waals surface area contributed by atoms with E-state index < -0.39 is 0 Å². The molecule has 1 aliphatic rings. The van der Waals surface area contributed by atoms with Crippen molar-refractivity contribution in [3.05, 3.63) is 76.6 Å². The van der Waals surface area contributed by atoms with Gasteiger partial charge in [0.15, 0.2) is 16.6 Å². The Bertz CT molecular complexity index is 1120. The molecule has 0 fully saturated rings. The number of furan rings is 1. The zero-order valence-corrected chi connectivity index (χ0v) is 16.4. The van der Waals surface area contributed by atoms with E-state index in [2.05, 4.69) is 49.7 Å². The Morgan fingerprint density at radius 1 is 1.24 bits per heavy atom. The lowest BCUT2D eigenvalue weighted by Crippen LogP contribution is -2.29. The molecule has 29 heavy (non-hydrogen) atoms. The number of aromatic amines is 1. The van der Waals surface area contributed by atoms with Crippen molar-refractivity contribution in [3.63, 3.8) is 0 Å². The summed E-state index contributed by atoms with van der Waals surface area (Å²) in [6.07, 6.45) is 2.47. The van der Waals surface area contributed by atoms with Crippen LogP contribution in [0.2, 0.25) is 0 Å². The molecule has 5 rings (SSSR count). The van der Waals surface area contributed by atoms with Crippen molar-refractivity contribution in [3.8, 4) is 11.5 Å². The summed E-state index contributed by atoms with van der Waals surface area (Å²) >= 11 is 1.54. The lowest BCUT2D eigenvalue weighted by atomic mass is 10.1. The predicted molar refractivity (Wildman–Crippen MR) is 111 cm³/mol. The van der Waals surface area contributed by atoms with Crippen molar-refractivity contribution < 1.29 is 9.21 Å². The first kappa shape index (κ1) is 17.8. The standard InChI is InChI=1S/C21H19N5O2S/c27-20(17-11-16(24-25-17)18-7-4-10-28-18)23-21-22-15-8-9-26(13-19(15)29-21)12-14-5-2-1-3-6-14/h1-7,10-11H,8-9,12-13H2,(H,24,25)(H,22,23,27). The van der Waals surface area contributed by atoms with Crippen molar-refractivity contribution in [1.29, 1.82) is 0 Å². The lowest BCUT2D eigenvalue weighted by molar-refractivity contribution is 0.102. The maximum Gasteiger partial charge on any atom is 0.277 e. The van der Waals surface area contributed by atoms with E-state index in [1.807, 2.05) is 12.1 Å². The Kier molecular flexibility index (Phi) is 4.71. The molecule has 7 nitrogen and oxygen atoms in total. The summed E-state index contributed by atoms with van der Waals surface area (Å²) in [6.45, 7) is 2.73. The number of anilines is 1. The monoisotopic (exact) mass is 405 g/mol. The molecule has 4 aromatic rings. The maximum atomic E-state index is 12.5. The number of nitrogens with zero attached hydrogens (tertiary/aromatic N) is 3. The quantitative estimate of drug-likeness (QED) is 0.525. The fourth-order valence-corrected chi connectivity index (χ4v) is 4.48. The van der Waals surface area contributed by atoms with E-state index in [0.717, 1.165) is 31.7 Å². The van der Waals surface area contributed by atoms with Crippen LogP contribution in [0.5, 0.6) is 0 Å². The molecular weight excluding hydrogens is 386 g/mol. The number of amides is 1. The van der Waals surface area contributed by atoms with Crippen LogP contribution in [0.25, 0.3) is 11.5 Å². The van der Waals surface area contributed by atoms with Crippen molar-refractivity contribution in [1.82, 2.24) is 20.1 Å². The number of nitrogens with one attached hydrogen (secondary N) is 2. The van der Waals surface area contributed by atoms with Gasteiger partial charge in [-0.15, -0.1) is 11.3 Å². The van der Waals surface area contributed by atoms with E-state index in [9.17, 15) is 4.79 Å². The number of fused-ring (bicyclic) bond motifs is 1.